The smallest absolute Gasteiger partial charge is 0.273 e. The van der Waals surface area contributed by atoms with Gasteiger partial charge in [-0.15, -0.1) is 0 Å². The van der Waals surface area contributed by atoms with Crippen molar-refractivity contribution in [2.24, 2.45) is 0 Å². The molecule has 10 heteroatoms. The number of pyridine rings is 1. The summed E-state index contributed by atoms with van der Waals surface area (Å²) in [5.74, 6) is 0.436. The molecule has 1 fully saturated rings. The fourth-order valence-electron chi connectivity index (χ4n) is 4.79. The maximum absolute atomic E-state index is 11.3. The number of thiocarbonyl (C=S) groups is 1. The fraction of sp³-hybridized carbons (Fsp3) is 0.360. The molecule has 9 nitrogen and oxygen atoms in total. The van der Waals surface area contributed by atoms with Crippen LogP contribution < -0.4 is 10.1 Å². The lowest BCUT2D eigenvalue weighted by atomic mass is 9.96. The quantitative estimate of drug-likeness (QED) is 0.202. The minimum atomic E-state index is -0.423. The number of non-ortho nitro benzene ring substituents is 1. The summed E-state index contributed by atoms with van der Waals surface area (Å²) in [6.45, 7) is 5.44. The summed E-state index contributed by atoms with van der Waals surface area (Å²) in [7, 11) is 3.21. The Bertz CT molecular complexity index is 1230. The third-order valence-electron chi connectivity index (χ3n) is 6.35. The molecular formula is C25H29N5O4S. The Morgan fingerprint density at radius 3 is 2.66 bits per heavy atom. The molecule has 0 unspecified atom stereocenters. The first-order valence-electron chi connectivity index (χ1n) is 11.4. The lowest BCUT2D eigenvalue weighted by molar-refractivity contribution is -0.384. The number of methoxy groups -OCH3 is 2. The molecule has 0 bridgehead atoms. The second-order valence-corrected chi connectivity index (χ2v) is 8.83. The van der Waals surface area contributed by atoms with Crippen LogP contribution in [-0.4, -0.2) is 51.9 Å². The largest absolute Gasteiger partial charge is 0.494 e. The van der Waals surface area contributed by atoms with Gasteiger partial charge in [0.25, 0.3) is 5.69 Å². The molecule has 1 aliphatic rings. The van der Waals surface area contributed by atoms with Crippen molar-refractivity contribution in [2.75, 3.05) is 27.4 Å². The Morgan fingerprint density at radius 1 is 1.20 bits per heavy atom. The highest BCUT2D eigenvalue weighted by Crippen LogP contribution is 2.42. The number of aromatic nitrogens is 2. The first kappa shape index (κ1) is 24.6. The summed E-state index contributed by atoms with van der Waals surface area (Å²) in [6, 6.07) is 12.5. The number of benzene rings is 1. The third-order valence-corrected chi connectivity index (χ3v) is 6.70. The molecule has 1 N–H and O–H groups in total. The lowest BCUT2D eigenvalue weighted by Gasteiger charge is -2.28. The van der Waals surface area contributed by atoms with Crippen molar-refractivity contribution < 1.29 is 14.4 Å². The standard InChI is InChI=1S/C25H29N5O4S/c1-16-14-19(17(2)29(16)21-10-9-18(30(31)32)15-22(21)34-4)24-23(20-8-5-6-11-26-20)27-25(35)28(24)12-7-13-33-3/h5-6,8-11,14-15,23-24H,7,12-13H2,1-4H3,(H,27,35)/t23-,24-/m1/s1. The summed E-state index contributed by atoms with van der Waals surface area (Å²) < 4.78 is 12.9. The average Bonchev–Trinajstić information content (AvgIpc) is 3.34. The van der Waals surface area contributed by atoms with Crippen molar-refractivity contribution in [2.45, 2.75) is 32.4 Å². The zero-order chi connectivity index (χ0) is 25.1. The van der Waals surface area contributed by atoms with E-state index < -0.39 is 4.92 Å². The summed E-state index contributed by atoms with van der Waals surface area (Å²) in [4.78, 5) is 17.7. The highest BCUT2D eigenvalue weighted by atomic mass is 32.1. The topological polar surface area (TPSA) is 94.7 Å². The molecule has 4 rings (SSSR count). The van der Waals surface area contributed by atoms with E-state index in [4.69, 9.17) is 21.7 Å². The molecule has 184 valence electrons. The van der Waals surface area contributed by atoms with Crippen molar-refractivity contribution in [3.05, 3.63) is 81.4 Å². The van der Waals surface area contributed by atoms with Gasteiger partial charge in [0, 0.05) is 43.9 Å². The van der Waals surface area contributed by atoms with Crippen molar-refractivity contribution in [3.63, 3.8) is 0 Å². The van der Waals surface area contributed by atoms with Crippen molar-refractivity contribution in [3.8, 4) is 11.4 Å². The van der Waals surface area contributed by atoms with Crippen molar-refractivity contribution in [1.82, 2.24) is 19.8 Å². The predicted octanol–water partition coefficient (Wildman–Crippen LogP) is 4.41. The molecule has 1 saturated heterocycles. The Balaban J connectivity index is 1.82. The van der Waals surface area contributed by atoms with Crippen LogP contribution in [-0.2, 0) is 4.74 Å². The molecule has 1 aromatic carbocycles. The molecule has 0 amide bonds. The third kappa shape index (κ3) is 4.71. The van der Waals surface area contributed by atoms with Gasteiger partial charge in [0.15, 0.2) is 5.11 Å². The van der Waals surface area contributed by atoms with Gasteiger partial charge >= 0.3 is 0 Å². The predicted molar refractivity (Wildman–Crippen MR) is 137 cm³/mol. The molecule has 0 radical (unpaired) electrons. The van der Waals surface area contributed by atoms with Crippen LogP contribution in [0.4, 0.5) is 5.69 Å². The van der Waals surface area contributed by atoms with E-state index in [1.807, 2.05) is 32.0 Å². The SMILES string of the molecule is COCCCN1C(=S)N[C@H](c2ccccn2)[C@H]1c1cc(C)n(-c2ccc([N+](=O)[O-])cc2OC)c1C. The zero-order valence-corrected chi connectivity index (χ0v) is 21.0. The van der Waals surface area contributed by atoms with Gasteiger partial charge < -0.3 is 24.3 Å². The summed E-state index contributed by atoms with van der Waals surface area (Å²) >= 11 is 5.75. The molecular weight excluding hydrogens is 466 g/mol. The van der Waals surface area contributed by atoms with Crippen LogP contribution in [0.25, 0.3) is 5.69 Å². The molecule has 1 aliphatic heterocycles. The molecule has 2 aromatic heterocycles. The van der Waals surface area contributed by atoms with E-state index in [9.17, 15) is 10.1 Å². The van der Waals surface area contributed by atoms with E-state index in [0.717, 1.165) is 41.3 Å². The number of nitro benzene ring substituents is 1. The maximum atomic E-state index is 11.3. The number of ether oxygens (including phenoxy) is 2. The van der Waals surface area contributed by atoms with Gasteiger partial charge in [0.05, 0.1) is 41.6 Å². The summed E-state index contributed by atoms with van der Waals surface area (Å²) in [6.07, 6.45) is 2.62. The fourth-order valence-corrected chi connectivity index (χ4v) is 5.12. The zero-order valence-electron chi connectivity index (χ0n) is 20.2. The van der Waals surface area contributed by atoms with E-state index in [1.165, 1.54) is 19.2 Å². The second-order valence-electron chi connectivity index (χ2n) is 8.44. The summed E-state index contributed by atoms with van der Waals surface area (Å²) in [5, 5.41) is 15.4. The molecule has 2 atom stereocenters. The van der Waals surface area contributed by atoms with Crippen LogP contribution >= 0.6 is 12.2 Å². The molecule has 3 heterocycles. The maximum Gasteiger partial charge on any atom is 0.273 e. The van der Waals surface area contributed by atoms with E-state index in [2.05, 4.69) is 25.8 Å². The van der Waals surface area contributed by atoms with E-state index in [1.54, 1.807) is 19.4 Å². The van der Waals surface area contributed by atoms with Gasteiger partial charge in [-0.25, -0.2) is 0 Å². The second kappa shape index (κ2) is 10.4. The highest BCUT2D eigenvalue weighted by Gasteiger charge is 2.41. The molecule has 3 aromatic rings. The van der Waals surface area contributed by atoms with Gasteiger partial charge in [-0.05, 0) is 62.3 Å². The lowest BCUT2D eigenvalue weighted by Crippen LogP contribution is -2.31. The molecule has 0 saturated carbocycles. The number of nitrogens with one attached hydrogen (secondary N) is 1. The number of nitrogens with zero attached hydrogens (tertiary/aromatic N) is 4. The summed E-state index contributed by atoms with van der Waals surface area (Å²) in [5.41, 5.74) is 4.73. The van der Waals surface area contributed by atoms with E-state index in [0.29, 0.717) is 17.5 Å². The number of aryl methyl sites for hydroxylation is 1. The Labute approximate surface area is 209 Å². The molecule has 0 spiro atoms. The van der Waals surface area contributed by atoms with Crippen LogP contribution in [0.15, 0.2) is 48.7 Å². The van der Waals surface area contributed by atoms with E-state index in [-0.39, 0.29) is 17.8 Å². The Hall–Kier alpha value is -3.50. The minimum Gasteiger partial charge on any atom is -0.494 e. The monoisotopic (exact) mass is 495 g/mol. The van der Waals surface area contributed by atoms with Gasteiger partial charge in [-0.1, -0.05) is 6.07 Å². The van der Waals surface area contributed by atoms with Gasteiger partial charge in [0.1, 0.15) is 5.75 Å². The van der Waals surface area contributed by atoms with Crippen LogP contribution in [0.2, 0.25) is 0 Å². The van der Waals surface area contributed by atoms with Crippen LogP contribution in [0.1, 0.15) is 41.1 Å². The van der Waals surface area contributed by atoms with Gasteiger partial charge in [0.2, 0.25) is 0 Å². The van der Waals surface area contributed by atoms with E-state index >= 15 is 0 Å². The first-order valence-corrected chi connectivity index (χ1v) is 11.8. The molecule has 35 heavy (non-hydrogen) atoms. The molecule has 0 aliphatic carbocycles. The minimum absolute atomic E-state index is 0.0156. The average molecular weight is 496 g/mol. The van der Waals surface area contributed by atoms with Crippen LogP contribution in [0.5, 0.6) is 5.75 Å². The number of rotatable bonds is 9. The van der Waals surface area contributed by atoms with Gasteiger partial charge in [-0.3, -0.25) is 15.1 Å². The highest BCUT2D eigenvalue weighted by molar-refractivity contribution is 7.80. The van der Waals surface area contributed by atoms with Crippen LogP contribution in [0, 0.1) is 24.0 Å². The number of nitro groups is 1. The number of hydrogen-bond donors (Lipinski definition) is 1. The van der Waals surface area contributed by atoms with Crippen molar-refractivity contribution >= 4 is 23.0 Å². The first-order chi connectivity index (χ1) is 16.9. The Morgan fingerprint density at radius 2 is 2.00 bits per heavy atom. The van der Waals surface area contributed by atoms with Crippen molar-refractivity contribution in [1.29, 1.82) is 0 Å². The van der Waals surface area contributed by atoms with Gasteiger partial charge in [-0.2, -0.15) is 0 Å². The Kier molecular flexibility index (Phi) is 7.32. The normalized spacial score (nSPS) is 17.5. The van der Waals surface area contributed by atoms with Crippen LogP contribution in [0.3, 0.4) is 0 Å². The number of hydrogen-bond acceptors (Lipinski definition) is 6.